The van der Waals surface area contributed by atoms with Crippen molar-refractivity contribution in [1.82, 2.24) is 10.2 Å². The molecule has 140 valence electrons. The van der Waals surface area contributed by atoms with Crippen molar-refractivity contribution >= 4 is 22.0 Å². The Labute approximate surface area is 160 Å². The maximum Gasteiger partial charge on any atom is 0.410 e. The lowest BCUT2D eigenvalue weighted by molar-refractivity contribution is 0.00626. The lowest BCUT2D eigenvalue weighted by Crippen LogP contribution is -2.55. The Morgan fingerprint density at radius 2 is 2.16 bits per heavy atom. The van der Waals surface area contributed by atoms with Crippen molar-refractivity contribution in [1.29, 1.82) is 0 Å². The molecule has 0 spiro atoms. The second kappa shape index (κ2) is 8.54. The summed E-state index contributed by atoms with van der Waals surface area (Å²) in [4.78, 5) is 14.4. The molecule has 0 aliphatic carbocycles. The Kier molecular flexibility index (Phi) is 6.92. The zero-order valence-corrected chi connectivity index (χ0v) is 17.6. The SMILES string of the molecule is CCC(NC1CCCN(C(=O)OC(C)(C)C)C1C)c1cccc(Br)c1. The topological polar surface area (TPSA) is 41.6 Å². The molecule has 0 saturated carbocycles. The summed E-state index contributed by atoms with van der Waals surface area (Å²) in [6.07, 6.45) is 2.87. The molecule has 3 atom stereocenters. The lowest BCUT2D eigenvalue weighted by atomic mass is 9.95. The maximum absolute atomic E-state index is 12.5. The van der Waals surface area contributed by atoms with Gasteiger partial charge in [-0.1, -0.05) is 35.0 Å². The van der Waals surface area contributed by atoms with Crippen molar-refractivity contribution in [3.05, 3.63) is 34.3 Å². The van der Waals surface area contributed by atoms with Crippen molar-refractivity contribution in [2.75, 3.05) is 6.54 Å². The van der Waals surface area contributed by atoms with Crippen LogP contribution in [0.3, 0.4) is 0 Å². The van der Waals surface area contributed by atoms with Crippen LogP contribution < -0.4 is 5.32 Å². The van der Waals surface area contributed by atoms with Crippen molar-refractivity contribution in [3.8, 4) is 0 Å². The molecule has 3 unspecified atom stereocenters. The zero-order valence-electron chi connectivity index (χ0n) is 16.0. The van der Waals surface area contributed by atoms with Crippen LogP contribution in [0.15, 0.2) is 28.7 Å². The number of nitrogens with zero attached hydrogens (tertiary/aromatic N) is 1. The van der Waals surface area contributed by atoms with Crippen LogP contribution in [0.1, 0.15) is 65.5 Å². The first-order valence-corrected chi connectivity index (χ1v) is 10.0. The first-order valence-electron chi connectivity index (χ1n) is 9.22. The Morgan fingerprint density at radius 3 is 2.76 bits per heavy atom. The van der Waals surface area contributed by atoms with Crippen molar-refractivity contribution in [3.63, 3.8) is 0 Å². The maximum atomic E-state index is 12.5. The first kappa shape index (κ1) is 20.2. The summed E-state index contributed by atoms with van der Waals surface area (Å²) >= 11 is 3.56. The average molecular weight is 411 g/mol. The van der Waals surface area contributed by atoms with Gasteiger partial charge in [0.25, 0.3) is 0 Å². The number of hydrogen-bond acceptors (Lipinski definition) is 3. The lowest BCUT2D eigenvalue weighted by Gasteiger charge is -2.41. The molecular formula is C20H31BrN2O2. The molecule has 4 nitrogen and oxygen atoms in total. The molecule has 1 amide bonds. The van der Waals surface area contributed by atoms with E-state index in [1.54, 1.807) is 0 Å². The molecule has 1 aromatic carbocycles. The number of likely N-dealkylation sites (tertiary alicyclic amines) is 1. The van der Waals surface area contributed by atoms with Crippen LogP contribution in [0.25, 0.3) is 0 Å². The van der Waals surface area contributed by atoms with Gasteiger partial charge in [0.1, 0.15) is 5.60 Å². The van der Waals surface area contributed by atoms with Crippen LogP contribution in [0.5, 0.6) is 0 Å². The molecule has 0 bridgehead atoms. The van der Waals surface area contributed by atoms with E-state index in [0.29, 0.717) is 0 Å². The summed E-state index contributed by atoms with van der Waals surface area (Å²) < 4.78 is 6.68. The van der Waals surface area contributed by atoms with E-state index in [4.69, 9.17) is 4.74 Å². The van der Waals surface area contributed by atoms with Gasteiger partial charge in [0.2, 0.25) is 0 Å². The van der Waals surface area contributed by atoms with Crippen molar-refractivity contribution in [2.45, 2.75) is 77.6 Å². The van der Waals surface area contributed by atoms with Gasteiger partial charge in [0.05, 0.1) is 0 Å². The fourth-order valence-electron chi connectivity index (χ4n) is 3.38. The number of ether oxygens (including phenoxy) is 1. The molecule has 1 aromatic rings. The van der Waals surface area contributed by atoms with Gasteiger partial charge in [0.15, 0.2) is 0 Å². The molecule has 5 heteroatoms. The van der Waals surface area contributed by atoms with Gasteiger partial charge in [-0.25, -0.2) is 4.79 Å². The van der Waals surface area contributed by atoms with Crippen LogP contribution >= 0.6 is 15.9 Å². The van der Waals surface area contributed by atoms with Gasteiger partial charge < -0.3 is 15.0 Å². The number of benzene rings is 1. The molecule has 1 fully saturated rings. The summed E-state index contributed by atoms with van der Waals surface area (Å²) in [6, 6.07) is 9.11. The third kappa shape index (κ3) is 5.71. The predicted octanol–water partition coefficient (Wildman–Crippen LogP) is 5.28. The number of rotatable bonds is 4. The average Bonchev–Trinajstić information content (AvgIpc) is 2.52. The predicted molar refractivity (Wildman–Crippen MR) is 106 cm³/mol. The third-order valence-corrected chi connectivity index (χ3v) is 5.18. The third-order valence-electron chi connectivity index (χ3n) is 4.69. The molecule has 1 heterocycles. The largest absolute Gasteiger partial charge is 0.444 e. The number of amides is 1. The summed E-state index contributed by atoms with van der Waals surface area (Å²) in [5, 5.41) is 3.78. The molecule has 1 aliphatic rings. The van der Waals surface area contributed by atoms with Crippen molar-refractivity contribution in [2.24, 2.45) is 0 Å². The molecular weight excluding hydrogens is 380 g/mol. The number of carbonyl (C=O) groups is 1. The molecule has 25 heavy (non-hydrogen) atoms. The molecule has 0 aromatic heterocycles. The van der Waals surface area contributed by atoms with Gasteiger partial charge in [0, 0.05) is 29.1 Å². The first-order chi connectivity index (χ1) is 11.7. The fourth-order valence-corrected chi connectivity index (χ4v) is 3.79. The van der Waals surface area contributed by atoms with Gasteiger partial charge in [-0.3, -0.25) is 0 Å². The van der Waals surface area contributed by atoms with E-state index in [9.17, 15) is 4.79 Å². The number of carbonyl (C=O) groups excluding carboxylic acids is 1. The van der Waals surface area contributed by atoms with E-state index in [-0.39, 0.29) is 24.2 Å². The van der Waals surface area contributed by atoms with Crippen LogP contribution in [0.2, 0.25) is 0 Å². The fraction of sp³-hybridized carbons (Fsp3) is 0.650. The Morgan fingerprint density at radius 1 is 1.44 bits per heavy atom. The van der Waals surface area contributed by atoms with Crippen LogP contribution in [0, 0.1) is 0 Å². The van der Waals surface area contributed by atoms with E-state index in [1.165, 1.54) is 5.56 Å². The number of hydrogen-bond donors (Lipinski definition) is 1. The van der Waals surface area contributed by atoms with E-state index < -0.39 is 5.60 Å². The number of nitrogens with one attached hydrogen (secondary N) is 1. The van der Waals surface area contributed by atoms with E-state index in [1.807, 2.05) is 31.7 Å². The van der Waals surface area contributed by atoms with E-state index in [2.05, 4.69) is 53.3 Å². The minimum absolute atomic E-state index is 0.116. The smallest absolute Gasteiger partial charge is 0.410 e. The highest BCUT2D eigenvalue weighted by Gasteiger charge is 2.34. The summed E-state index contributed by atoms with van der Waals surface area (Å²) in [6.45, 7) is 10.8. The normalized spacial score (nSPS) is 22.6. The highest BCUT2D eigenvalue weighted by atomic mass is 79.9. The molecule has 0 radical (unpaired) electrons. The van der Waals surface area contributed by atoms with Crippen LogP contribution in [-0.2, 0) is 4.74 Å². The highest BCUT2D eigenvalue weighted by molar-refractivity contribution is 9.10. The van der Waals surface area contributed by atoms with Crippen molar-refractivity contribution < 1.29 is 9.53 Å². The van der Waals surface area contributed by atoms with Gasteiger partial charge >= 0.3 is 6.09 Å². The zero-order chi connectivity index (χ0) is 18.6. The summed E-state index contributed by atoms with van der Waals surface area (Å²) in [7, 11) is 0. The van der Waals surface area contributed by atoms with E-state index in [0.717, 1.165) is 30.3 Å². The Bertz CT molecular complexity index is 585. The number of halogens is 1. The van der Waals surface area contributed by atoms with Gasteiger partial charge in [-0.2, -0.15) is 0 Å². The number of piperidine rings is 1. The van der Waals surface area contributed by atoms with Crippen LogP contribution in [0.4, 0.5) is 4.79 Å². The minimum atomic E-state index is -0.459. The van der Waals surface area contributed by atoms with Gasteiger partial charge in [-0.15, -0.1) is 0 Å². The second-order valence-corrected chi connectivity index (χ2v) is 8.76. The molecule has 2 rings (SSSR count). The minimum Gasteiger partial charge on any atom is -0.444 e. The highest BCUT2D eigenvalue weighted by Crippen LogP contribution is 2.26. The quantitative estimate of drug-likeness (QED) is 0.733. The van der Waals surface area contributed by atoms with E-state index >= 15 is 0 Å². The Hall–Kier alpha value is -1.07. The molecule has 1 aliphatic heterocycles. The Balaban J connectivity index is 2.06. The monoisotopic (exact) mass is 410 g/mol. The molecule has 1 N–H and O–H groups in total. The summed E-state index contributed by atoms with van der Waals surface area (Å²) in [5.41, 5.74) is 0.817. The van der Waals surface area contributed by atoms with Crippen LogP contribution in [-0.4, -0.2) is 35.2 Å². The van der Waals surface area contributed by atoms with Gasteiger partial charge in [-0.05, 0) is 64.7 Å². The standard InChI is InChI=1S/C20H31BrN2O2/c1-6-17(15-9-7-10-16(21)13-15)22-18-11-8-12-23(14(18)2)19(24)25-20(3,4)5/h7,9-10,13-14,17-18,22H,6,8,11-12H2,1-5H3. The summed E-state index contributed by atoms with van der Waals surface area (Å²) in [5.74, 6) is 0. The second-order valence-electron chi connectivity index (χ2n) is 7.85. The molecule has 1 saturated heterocycles.